The summed E-state index contributed by atoms with van der Waals surface area (Å²) in [6, 6.07) is 2.43. The second-order valence-corrected chi connectivity index (χ2v) is 8.13. The Morgan fingerprint density at radius 1 is 1.00 bits per heavy atom. The molecule has 3 rings (SSSR count). The monoisotopic (exact) mass is 307 g/mol. The zero-order chi connectivity index (χ0) is 15.4. The molecule has 1 saturated carbocycles. The molecule has 0 bridgehead atoms. The standard InChI is InChI=1S/C19H37N3/c1-16-8-6-7-13-22(16)19-14-20-12-11-17(19)15-21(2)18-9-4-3-5-10-18/h16-20H,3-15H2,1-2H3. The summed E-state index contributed by atoms with van der Waals surface area (Å²) in [7, 11) is 2.40. The summed E-state index contributed by atoms with van der Waals surface area (Å²) in [6.07, 6.45) is 12.9. The van der Waals surface area contributed by atoms with Crippen LogP contribution in [0.25, 0.3) is 0 Å². The first-order chi connectivity index (χ1) is 10.8. The molecule has 3 fully saturated rings. The molecule has 0 spiro atoms. The third-order valence-corrected chi connectivity index (χ3v) is 6.59. The molecule has 2 saturated heterocycles. The maximum Gasteiger partial charge on any atom is 0.0264 e. The highest BCUT2D eigenvalue weighted by molar-refractivity contribution is 4.91. The fraction of sp³-hybridized carbons (Fsp3) is 1.00. The largest absolute Gasteiger partial charge is 0.315 e. The van der Waals surface area contributed by atoms with E-state index in [0.717, 1.165) is 24.0 Å². The molecule has 3 unspecified atom stereocenters. The Morgan fingerprint density at radius 2 is 1.77 bits per heavy atom. The molecular weight excluding hydrogens is 270 g/mol. The van der Waals surface area contributed by atoms with Gasteiger partial charge in [0, 0.05) is 31.2 Å². The van der Waals surface area contributed by atoms with Gasteiger partial charge < -0.3 is 10.2 Å². The maximum absolute atomic E-state index is 3.68. The van der Waals surface area contributed by atoms with Crippen molar-refractivity contribution in [3.8, 4) is 0 Å². The molecule has 0 aromatic rings. The lowest BCUT2D eigenvalue weighted by molar-refractivity contribution is 0.0340. The van der Waals surface area contributed by atoms with Gasteiger partial charge in [0.15, 0.2) is 0 Å². The van der Waals surface area contributed by atoms with Gasteiger partial charge in [-0.2, -0.15) is 0 Å². The summed E-state index contributed by atoms with van der Waals surface area (Å²) in [5.74, 6) is 0.869. The van der Waals surface area contributed by atoms with Crippen molar-refractivity contribution in [3.63, 3.8) is 0 Å². The first-order valence-corrected chi connectivity index (χ1v) is 9.92. The van der Waals surface area contributed by atoms with Crippen LogP contribution in [0.2, 0.25) is 0 Å². The van der Waals surface area contributed by atoms with Crippen LogP contribution in [0.4, 0.5) is 0 Å². The topological polar surface area (TPSA) is 18.5 Å². The van der Waals surface area contributed by atoms with Crippen molar-refractivity contribution in [3.05, 3.63) is 0 Å². The Kier molecular flexibility index (Phi) is 6.17. The van der Waals surface area contributed by atoms with Gasteiger partial charge >= 0.3 is 0 Å². The Bertz CT molecular complexity index is 327. The molecule has 0 amide bonds. The number of piperidine rings is 2. The molecule has 3 atom stereocenters. The molecule has 3 heteroatoms. The van der Waals surface area contributed by atoms with Gasteiger partial charge in [-0.15, -0.1) is 0 Å². The minimum Gasteiger partial charge on any atom is -0.315 e. The Balaban J connectivity index is 1.59. The van der Waals surface area contributed by atoms with E-state index in [2.05, 4.69) is 29.1 Å². The highest BCUT2D eigenvalue weighted by Gasteiger charge is 2.34. The quantitative estimate of drug-likeness (QED) is 0.861. The van der Waals surface area contributed by atoms with Crippen molar-refractivity contribution >= 4 is 0 Å². The van der Waals surface area contributed by atoms with Crippen molar-refractivity contribution in [1.82, 2.24) is 15.1 Å². The van der Waals surface area contributed by atoms with Crippen molar-refractivity contribution in [2.45, 2.75) is 82.8 Å². The van der Waals surface area contributed by atoms with Crippen LogP contribution in [0.5, 0.6) is 0 Å². The second-order valence-electron chi connectivity index (χ2n) is 8.13. The van der Waals surface area contributed by atoms with Crippen LogP contribution < -0.4 is 5.32 Å². The summed E-state index contributed by atoms with van der Waals surface area (Å²) in [4.78, 5) is 5.56. The lowest BCUT2D eigenvalue weighted by atomic mass is 9.86. The molecule has 2 heterocycles. The van der Waals surface area contributed by atoms with Crippen LogP contribution in [0.15, 0.2) is 0 Å². The first kappa shape index (κ1) is 16.7. The van der Waals surface area contributed by atoms with Crippen molar-refractivity contribution in [2.24, 2.45) is 5.92 Å². The number of likely N-dealkylation sites (tertiary alicyclic amines) is 1. The lowest BCUT2D eigenvalue weighted by Gasteiger charge is -2.47. The highest BCUT2D eigenvalue weighted by atomic mass is 15.2. The number of hydrogen-bond acceptors (Lipinski definition) is 3. The summed E-state index contributed by atoms with van der Waals surface area (Å²) >= 11 is 0. The molecule has 1 aliphatic carbocycles. The second kappa shape index (κ2) is 8.12. The number of hydrogen-bond donors (Lipinski definition) is 1. The van der Waals surface area contributed by atoms with Crippen LogP contribution in [0, 0.1) is 5.92 Å². The van der Waals surface area contributed by atoms with Crippen molar-refractivity contribution < 1.29 is 0 Å². The predicted octanol–water partition coefficient (Wildman–Crippen LogP) is 3.10. The Hall–Kier alpha value is -0.120. The van der Waals surface area contributed by atoms with Gasteiger partial charge in [-0.25, -0.2) is 0 Å². The third-order valence-electron chi connectivity index (χ3n) is 6.59. The van der Waals surface area contributed by atoms with Crippen LogP contribution >= 0.6 is 0 Å². The molecule has 1 N–H and O–H groups in total. The van der Waals surface area contributed by atoms with Crippen LogP contribution in [0.1, 0.15) is 64.7 Å². The normalized spacial score (nSPS) is 35.9. The van der Waals surface area contributed by atoms with E-state index in [1.54, 1.807) is 0 Å². The van der Waals surface area contributed by atoms with E-state index in [0.29, 0.717) is 0 Å². The van der Waals surface area contributed by atoms with Gasteiger partial charge in [-0.1, -0.05) is 25.7 Å². The number of nitrogens with one attached hydrogen (secondary N) is 1. The summed E-state index contributed by atoms with van der Waals surface area (Å²) in [5, 5.41) is 3.68. The summed E-state index contributed by atoms with van der Waals surface area (Å²) in [5.41, 5.74) is 0. The average molecular weight is 308 g/mol. The molecule has 0 aromatic carbocycles. The first-order valence-electron chi connectivity index (χ1n) is 9.92. The van der Waals surface area contributed by atoms with E-state index < -0.39 is 0 Å². The third kappa shape index (κ3) is 4.04. The molecule has 3 aliphatic rings. The predicted molar refractivity (Wildman–Crippen MR) is 94.3 cm³/mol. The van der Waals surface area contributed by atoms with E-state index in [-0.39, 0.29) is 0 Å². The minimum atomic E-state index is 0.773. The van der Waals surface area contributed by atoms with Crippen molar-refractivity contribution in [2.75, 3.05) is 33.2 Å². The van der Waals surface area contributed by atoms with Crippen molar-refractivity contribution in [1.29, 1.82) is 0 Å². The maximum atomic E-state index is 3.68. The molecule has 128 valence electrons. The molecule has 0 radical (unpaired) electrons. The van der Waals surface area contributed by atoms with Gasteiger partial charge in [-0.05, 0) is 65.1 Å². The van der Waals surface area contributed by atoms with E-state index >= 15 is 0 Å². The lowest BCUT2D eigenvalue weighted by Crippen LogP contribution is -2.57. The minimum absolute atomic E-state index is 0.773. The molecule has 3 nitrogen and oxygen atoms in total. The zero-order valence-corrected chi connectivity index (χ0v) is 14.9. The number of rotatable bonds is 4. The SMILES string of the molecule is CC1CCCCN1C1CNCCC1CN(C)C1CCCCC1. The van der Waals surface area contributed by atoms with Gasteiger partial charge in [0.1, 0.15) is 0 Å². The Morgan fingerprint density at radius 3 is 2.55 bits per heavy atom. The van der Waals surface area contributed by atoms with E-state index in [1.165, 1.54) is 84.0 Å². The zero-order valence-electron chi connectivity index (χ0n) is 14.9. The van der Waals surface area contributed by atoms with E-state index in [9.17, 15) is 0 Å². The van der Waals surface area contributed by atoms with Gasteiger partial charge in [0.25, 0.3) is 0 Å². The van der Waals surface area contributed by atoms with Gasteiger partial charge in [0.2, 0.25) is 0 Å². The van der Waals surface area contributed by atoms with Crippen LogP contribution in [0.3, 0.4) is 0 Å². The van der Waals surface area contributed by atoms with Gasteiger partial charge in [0.05, 0.1) is 0 Å². The van der Waals surface area contributed by atoms with Gasteiger partial charge in [-0.3, -0.25) is 4.90 Å². The summed E-state index contributed by atoms with van der Waals surface area (Å²) in [6.45, 7) is 7.54. The fourth-order valence-electron chi connectivity index (χ4n) is 5.15. The van der Waals surface area contributed by atoms with Crippen LogP contribution in [-0.2, 0) is 0 Å². The van der Waals surface area contributed by atoms with Crippen LogP contribution in [-0.4, -0.2) is 61.2 Å². The molecular formula is C19H37N3. The fourth-order valence-corrected chi connectivity index (χ4v) is 5.15. The average Bonchev–Trinajstić information content (AvgIpc) is 2.57. The van der Waals surface area contributed by atoms with E-state index in [1.807, 2.05) is 0 Å². The Labute approximate surface area is 137 Å². The molecule has 0 aromatic heterocycles. The molecule has 22 heavy (non-hydrogen) atoms. The molecule has 2 aliphatic heterocycles. The van der Waals surface area contributed by atoms with E-state index in [4.69, 9.17) is 0 Å². The smallest absolute Gasteiger partial charge is 0.0264 e. The summed E-state index contributed by atoms with van der Waals surface area (Å²) < 4.78 is 0. The number of nitrogens with zero attached hydrogens (tertiary/aromatic N) is 2. The highest BCUT2D eigenvalue weighted by Crippen LogP contribution is 2.28.